The number of likely N-dealkylation sites (N-methyl/N-ethyl adjacent to an activating group) is 1. The Hall–Kier alpha value is -3.28. The lowest BCUT2D eigenvalue weighted by Crippen LogP contribution is -2.27. The van der Waals surface area contributed by atoms with Gasteiger partial charge in [0.25, 0.3) is 0 Å². The van der Waals surface area contributed by atoms with Gasteiger partial charge in [-0.1, -0.05) is 37.6 Å². The van der Waals surface area contributed by atoms with Crippen LogP contribution in [0.1, 0.15) is 41.9 Å². The highest BCUT2D eigenvalue weighted by Gasteiger charge is 2.25. The molecule has 1 aromatic heterocycles. The van der Waals surface area contributed by atoms with Crippen LogP contribution < -0.4 is 9.47 Å². The minimum Gasteiger partial charge on any atom is -0.493 e. The van der Waals surface area contributed by atoms with Gasteiger partial charge in [0.2, 0.25) is 5.78 Å². The van der Waals surface area contributed by atoms with Crippen LogP contribution in [0.4, 0.5) is 0 Å². The Morgan fingerprint density at radius 2 is 1.78 bits per heavy atom. The summed E-state index contributed by atoms with van der Waals surface area (Å²) in [5.74, 6) is 1.76. The van der Waals surface area contributed by atoms with Gasteiger partial charge in [0.1, 0.15) is 23.7 Å². The van der Waals surface area contributed by atoms with E-state index in [1.807, 2.05) is 30.3 Å². The van der Waals surface area contributed by atoms with Crippen LogP contribution in [0.5, 0.6) is 11.5 Å². The summed E-state index contributed by atoms with van der Waals surface area (Å²) in [5, 5.41) is 1.49. The average Bonchev–Trinajstić information content (AvgIpc) is 3.28. The van der Waals surface area contributed by atoms with E-state index in [0.717, 1.165) is 66.1 Å². The summed E-state index contributed by atoms with van der Waals surface area (Å²) < 4.78 is 18.0. The number of ether oxygens (including phenoxy) is 2. The molecule has 5 rings (SSSR count). The molecule has 3 aromatic carbocycles. The summed E-state index contributed by atoms with van der Waals surface area (Å²) in [5.41, 5.74) is 3.99. The smallest absolute Gasteiger partial charge is 0.228 e. The zero-order valence-corrected chi connectivity index (χ0v) is 21.4. The lowest BCUT2D eigenvalue weighted by molar-refractivity contribution is 0.101. The van der Waals surface area contributed by atoms with E-state index in [0.29, 0.717) is 35.1 Å². The highest BCUT2D eigenvalue weighted by Crippen LogP contribution is 2.40. The number of nitrogens with zero attached hydrogens (tertiary/aromatic N) is 1. The Labute approximate surface area is 216 Å². The number of hydrogen-bond acceptors (Lipinski definition) is 5. The maximum Gasteiger partial charge on any atom is 0.228 e. The molecule has 186 valence electrons. The number of hydrogen-bond donors (Lipinski definition) is 0. The molecule has 0 saturated heterocycles. The van der Waals surface area contributed by atoms with Gasteiger partial charge in [0, 0.05) is 34.1 Å². The minimum atomic E-state index is -0.184. The van der Waals surface area contributed by atoms with E-state index in [2.05, 4.69) is 24.8 Å². The van der Waals surface area contributed by atoms with E-state index < -0.39 is 0 Å². The molecule has 0 fully saturated rings. The fraction of sp³-hybridized carbons (Fsp3) is 0.300. The maximum atomic E-state index is 13.6. The Kier molecular flexibility index (Phi) is 7.30. The van der Waals surface area contributed by atoms with Gasteiger partial charge >= 0.3 is 0 Å². The molecule has 0 atom stereocenters. The van der Waals surface area contributed by atoms with Crippen molar-refractivity contribution in [1.29, 1.82) is 0 Å². The van der Waals surface area contributed by atoms with Crippen molar-refractivity contribution in [1.82, 2.24) is 4.90 Å². The Bertz CT molecular complexity index is 1350. The first kappa shape index (κ1) is 24.4. The van der Waals surface area contributed by atoms with Crippen LogP contribution in [-0.2, 0) is 6.42 Å². The van der Waals surface area contributed by atoms with Gasteiger partial charge in [-0.15, -0.1) is 0 Å². The van der Waals surface area contributed by atoms with E-state index in [1.165, 1.54) is 0 Å². The molecular weight excluding hydrogens is 474 g/mol. The molecule has 2 heterocycles. The third-order valence-corrected chi connectivity index (χ3v) is 7.00. The number of benzene rings is 3. The van der Waals surface area contributed by atoms with E-state index in [-0.39, 0.29) is 5.78 Å². The van der Waals surface area contributed by atoms with E-state index in [1.54, 1.807) is 24.3 Å². The van der Waals surface area contributed by atoms with Crippen molar-refractivity contribution in [2.45, 2.75) is 26.7 Å². The summed E-state index contributed by atoms with van der Waals surface area (Å²) >= 11 is 6.05. The number of ketones is 1. The van der Waals surface area contributed by atoms with E-state index in [9.17, 15) is 4.79 Å². The predicted molar refractivity (Wildman–Crippen MR) is 144 cm³/mol. The predicted octanol–water partition coefficient (Wildman–Crippen LogP) is 7.03. The number of carbonyl (C=O) groups is 1. The van der Waals surface area contributed by atoms with Crippen LogP contribution in [0.3, 0.4) is 0 Å². The molecule has 0 unspecified atom stereocenters. The van der Waals surface area contributed by atoms with Crippen molar-refractivity contribution < 1.29 is 18.7 Å². The lowest BCUT2D eigenvalue weighted by Gasteiger charge is -2.18. The summed E-state index contributed by atoms with van der Waals surface area (Å²) in [6.45, 7) is 8.52. The van der Waals surface area contributed by atoms with Crippen molar-refractivity contribution in [3.05, 3.63) is 82.6 Å². The van der Waals surface area contributed by atoms with Gasteiger partial charge in [0.05, 0.1) is 6.61 Å². The number of aryl methyl sites for hydroxylation is 1. The molecule has 0 saturated carbocycles. The lowest BCUT2D eigenvalue weighted by atomic mass is 9.95. The van der Waals surface area contributed by atoms with E-state index in [4.69, 9.17) is 25.5 Å². The zero-order chi connectivity index (χ0) is 25.1. The topological polar surface area (TPSA) is 51.9 Å². The summed E-state index contributed by atoms with van der Waals surface area (Å²) in [6.07, 6.45) is 1.91. The first-order valence-electron chi connectivity index (χ1n) is 12.6. The monoisotopic (exact) mass is 503 g/mol. The summed E-state index contributed by atoms with van der Waals surface area (Å²) in [4.78, 5) is 15.9. The van der Waals surface area contributed by atoms with Gasteiger partial charge < -0.3 is 18.8 Å². The van der Waals surface area contributed by atoms with Gasteiger partial charge in [-0.05, 0) is 79.5 Å². The largest absolute Gasteiger partial charge is 0.493 e. The fourth-order valence-electron chi connectivity index (χ4n) is 4.67. The van der Waals surface area contributed by atoms with Crippen LogP contribution in [0, 0.1) is 0 Å². The first-order valence-corrected chi connectivity index (χ1v) is 12.9. The summed E-state index contributed by atoms with van der Waals surface area (Å²) in [6, 6.07) is 18.8. The number of carbonyl (C=O) groups excluding carboxylic acids is 1. The number of furan rings is 1. The highest BCUT2D eigenvalue weighted by atomic mass is 35.5. The Balaban J connectivity index is 1.52. The number of rotatable bonds is 9. The molecule has 0 N–H and O–H groups in total. The van der Waals surface area contributed by atoms with Gasteiger partial charge in [-0.3, -0.25) is 4.79 Å². The van der Waals surface area contributed by atoms with E-state index >= 15 is 0 Å². The van der Waals surface area contributed by atoms with Crippen LogP contribution >= 0.6 is 11.6 Å². The second-order valence-electron chi connectivity index (χ2n) is 8.95. The summed E-state index contributed by atoms with van der Waals surface area (Å²) in [7, 11) is 0. The highest BCUT2D eigenvalue weighted by molar-refractivity contribution is 6.30. The second kappa shape index (κ2) is 10.8. The molecule has 1 aliphatic rings. The normalized spacial score (nSPS) is 13.0. The third-order valence-electron chi connectivity index (χ3n) is 6.75. The number of halogens is 1. The van der Waals surface area contributed by atoms with Crippen molar-refractivity contribution in [3.8, 4) is 22.6 Å². The Morgan fingerprint density at radius 1 is 1.03 bits per heavy atom. The van der Waals surface area contributed by atoms with Crippen molar-refractivity contribution in [3.63, 3.8) is 0 Å². The standard InChI is InChI=1S/C30H30ClNO4/c1-3-32(4-2)15-17-34-24-13-9-20(10-14-24)28-25-18-22-6-5-16-35-26(22)19-27(25)36-30(28)29(33)21-7-11-23(31)12-8-21/h7-14,18-19H,3-6,15-17H2,1-2H3. The number of fused-ring (bicyclic) bond motifs is 2. The molecule has 0 spiro atoms. The average molecular weight is 504 g/mol. The molecule has 0 radical (unpaired) electrons. The van der Waals surface area contributed by atoms with Crippen molar-refractivity contribution in [2.24, 2.45) is 0 Å². The first-order chi connectivity index (χ1) is 17.6. The molecule has 4 aromatic rings. The maximum absolute atomic E-state index is 13.6. The zero-order valence-electron chi connectivity index (χ0n) is 20.7. The second-order valence-corrected chi connectivity index (χ2v) is 9.39. The van der Waals surface area contributed by atoms with Crippen LogP contribution in [0.25, 0.3) is 22.1 Å². The molecule has 0 amide bonds. The van der Waals surface area contributed by atoms with Crippen LogP contribution in [0.15, 0.2) is 65.1 Å². The minimum absolute atomic E-state index is 0.184. The van der Waals surface area contributed by atoms with Crippen LogP contribution in [-0.4, -0.2) is 43.5 Å². The van der Waals surface area contributed by atoms with Crippen molar-refractivity contribution in [2.75, 3.05) is 32.8 Å². The van der Waals surface area contributed by atoms with Gasteiger partial charge in [-0.2, -0.15) is 0 Å². The van der Waals surface area contributed by atoms with Crippen LogP contribution in [0.2, 0.25) is 5.02 Å². The Morgan fingerprint density at radius 3 is 2.50 bits per heavy atom. The van der Waals surface area contributed by atoms with Gasteiger partial charge in [0.15, 0.2) is 5.76 Å². The van der Waals surface area contributed by atoms with Gasteiger partial charge in [-0.25, -0.2) is 0 Å². The SMILES string of the molecule is CCN(CC)CCOc1ccc(-c2c(C(=O)c3ccc(Cl)cc3)oc3cc4c(cc23)CCCO4)cc1. The molecular formula is C30H30ClNO4. The quantitative estimate of drug-likeness (QED) is 0.229. The third kappa shape index (κ3) is 4.99. The molecule has 1 aliphatic heterocycles. The molecule has 36 heavy (non-hydrogen) atoms. The molecule has 5 nitrogen and oxygen atoms in total. The molecule has 6 heteroatoms. The molecule has 0 aliphatic carbocycles. The fourth-order valence-corrected chi connectivity index (χ4v) is 4.80. The van der Waals surface area contributed by atoms with Crippen molar-refractivity contribution >= 4 is 28.4 Å². The molecule has 0 bridgehead atoms.